The third-order valence-electron chi connectivity index (χ3n) is 5.65. The highest BCUT2D eigenvalue weighted by atomic mass is 32.2. The van der Waals surface area contributed by atoms with Crippen molar-refractivity contribution in [2.24, 2.45) is 0 Å². The zero-order valence-corrected chi connectivity index (χ0v) is 19.5. The van der Waals surface area contributed by atoms with Crippen molar-refractivity contribution in [3.63, 3.8) is 0 Å². The molecule has 0 saturated carbocycles. The predicted octanol–water partition coefficient (Wildman–Crippen LogP) is 1.94. The average molecular weight is 501 g/mol. The number of nitrogens with zero attached hydrogens (tertiary/aromatic N) is 3. The molecule has 5 rings (SSSR count). The van der Waals surface area contributed by atoms with Crippen molar-refractivity contribution in [3.05, 3.63) is 53.6 Å². The predicted molar refractivity (Wildman–Crippen MR) is 124 cm³/mol. The van der Waals surface area contributed by atoms with Crippen molar-refractivity contribution >= 4 is 54.4 Å². The molecule has 3 heterocycles. The van der Waals surface area contributed by atoms with Crippen LogP contribution in [0.1, 0.15) is 27.1 Å². The summed E-state index contributed by atoms with van der Waals surface area (Å²) in [5, 5.41) is 2.98. The van der Waals surface area contributed by atoms with Gasteiger partial charge in [0, 0.05) is 26.1 Å². The molecule has 1 aromatic heterocycles. The molecule has 10 nitrogen and oxygen atoms in total. The van der Waals surface area contributed by atoms with E-state index in [1.165, 1.54) is 10.4 Å². The number of hydrogen-bond acceptors (Lipinski definition) is 8. The second-order valence-corrected chi connectivity index (χ2v) is 10.7. The van der Waals surface area contributed by atoms with E-state index >= 15 is 0 Å². The van der Waals surface area contributed by atoms with Gasteiger partial charge in [-0.3, -0.25) is 19.3 Å². The Morgan fingerprint density at radius 3 is 2.41 bits per heavy atom. The maximum absolute atomic E-state index is 12.9. The van der Waals surface area contributed by atoms with Gasteiger partial charge in [0.05, 0.1) is 39.5 Å². The van der Waals surface area contributed by atoms with Gasteiger partial charge in [0.25, 0.3) is 11.8 Å². The van der Waals surface area contributed by atoms with E-state index in [1.54, 1.807) is 36.4 Å². The topological polar surface area (TPSA) is 126 Å². The van der Waals surface area contributed by atoms with Gasteiger partial charge in [-0.25, -0.2) is 13.4 Å². The normalized spacial score (nSPS) is 16.8. The van der Waals surface area contributed by atoms with Crippen molar-refractivity contribution in [2.75, 3.05) is 38.2 Å². The van der Waals surface area contributed by atoms with Gasteiger partial charge in [-0.15, -0.1) is 0 Å². The molecule has 34 heavy (non-hydrogen) atoms. The Morgan fingerprint density at radius 2 is 1.74 bits per heavy atom. The standard InChI is InChI=1S/C22H20N4O6S2/c27-19(7-8-26-20(28)15-3-1-2-4-16(15)21(26)29)24-22-23-17-6-5-14(13-18(17)33-22)34(30,31)25-9-11-32-12-10-25/h1-6,13H,7-12H2,(H,23,24,27). The molecule has 2 aliphatic heterocycles. The number of nitrogens with one attached hydrogen (secondary N) is 1. The first-order valence-electron chi connectivity index (χ1n) is 10.6. The fourth-order valence-electron chi connectivity index (χ4n) is 3.89. The molecule has 2 aromatic carbocycles. The zero-order valence-electron chi connectivity index (χ0n) is 17.9. The van der Waals surface area contributed by atoms with Crippen LogP contribution < -0.4 is 5.32 Å². The molecule has 1 N–H and O–H groups in total. The molecule has 12 heteroatoms. The van der Waals surface area contributed by atoms with Crippen LogP contribution in [0.3, 0.4) is 0 Å². The number of ether oxygens (including phenoxy) is 1. The van der Waals surface area contributed by atoms with Crippen molar-refractivity contribution in [1.82, 2.24) is 14.2 Å². The van der Waals surface area contributed by atoms with E-state index in [1.807, 2.05) is 0 Å². The van der Waals surface area contributed by atoms with Crippen LogP contribution >= 0.6 is 11.3 Å². The molecular weight excluding hydrogens is 480 g/mol. The zero-order chi connectivity index (χ0) is 23.9. The summed E-state index contributed by atoms with van der Waals surface area (Å²) in [5.74, 6) is -1.23. The van der Waals surface area contributed by atoms with Crippen molar-refractivity contribution in [3.8, 4) is 0 Å². The van der Waals surface area contributed by atoms with Crippen molar-refractivity contribution in [2.45, 2.75) is 11.3 Å². The summed E-state index contributed by atoms with van der Waals surface area (Å²) < 4.78 is 33.0. The van der Waals surface area contributed by atoms with E-state index in [9.17, 15) is 22.8 Å². The molecule has 0 spiro atoms. The fraction of sp³-hybridized carbons (Fsp3) is 0.273. The number of rotatable bonds is 6. The monoisotopic (exact) mass is 500 g/mol. The second kappa shape index (κ2) is 8.87. The van der Waals surface area contributed by atoms with E-state index in [4.69, 9.17) is 4.74 Å². The molecule has 1 fully saturated rings. The van der Waals surface area contributed by atoms with Crippen LogP contribution in [0, 0.1) is 0 Å². The highest BCUT2D eigenvalue weighted by Gasteiger charge is 2.35. The molecule has 3 aromatic rings. The summed E-state index contributed by atoms with van der Waals surface area (Å²) in [7, 11) is -3.64. The van der Waals surface area contributed by atoms with E-state index in [-0.39, 0.29) is 17.9 Å². The van der Waals surface area contributed by atoms with Gasteiger partial charge in [-0.2, -0.15) is 4.31 Å². The Labute approximate surface area is 199 Å². The van der Waals surface area contributed by atoms with Crippen LogP contribution in [0.2, 0.25) is 0 Å². The summed E-state index contributed by atoms with van der Waals surface area (Å²) in [6, 6.07) is 11.2. The van der Waals surface area contributed by atoms with Gasteiger partial charge in [0.15, 0.2) is 5.13 Å². The minimum atomic E-state index is -3.64. The summed E-state index contributed by atoms with van der Waals surface area (Å²) >= 11 is 1.15. The maximum atomic E-state index is 12.9. The van der Waals surface area contributed by atoms with Crippen LogP contribution in [0.5, 0.6) is 0 Å². The molecule has 3 amide bonds. The van der Waals surface area contributed by atoms with E-state index < -0.39 is 27.7 Å². The Morgan fingerprint density at radius 1 is 1.06 bits per heavy atom. The first-order chi connectivity index (χ1) is 16.3. The second-order valence-electron chi connectivity index (χ2n) is 7.77. The first kappa shape index (κ1) is 22.6. The lowest BCUT2D eigenvalue weighted by Crippen LogP contribution is -2.40. The van der Waals surface area contributed by atoms with Crippen LogP contribution in [-0.2, 0) is 19.6 Å². The molecule has 2 aliphatic rings. The number of fused-ring (bicyclic) bond motifs is 2. The van der Waals surface area contributed by atoms with Gasteiger partial charge in [0.2, 0.25) is 15.9 Å². The highest BCUT2D eigenvalue weighted by Crippen LogP contribution is 2.30. The van der Waals surface area contributed by atoms with Crippen LogP contribution in [0.15, 0.2) is 47.4 Å². The number of morpholine rings is 1. The maximum Gasteiger partial charge on any atom is 0.261 e. The van der Waals surface area contributed by atoms with Gasteiger partial charge in [0.1, 0.15) is 0 Å². The van der Waals surface area contributed by atoms with E-state index in [2.05, 4.69) is 10.3 Å². The molecule has 0 atom stereocenters. The van der Waals surface area contributed by atoms with Crippen molar-refractivity contribution < 1.29 is 27.5 Å². The minimum absolute atomic E-state index is 0.0506. The molecular formula is C22H20N4O6S2. The summed E-state index contributed by atoms with van der Waals surface area (Å²) in [5.41, 5.74) is 1.23. The Kier molecular flexibility index (Phi) is 5.90. The molecule has 0 unspecified atom stereocenters. The minimum Gasteiger partial charge on any atom is -0.379 e. The smallest absolute Gasteiger partial charge is 0.261 e. The quantitative estimate of drug-likeness (QED) is 0.513. The van der Waals surface area contributed by atoms with Gasteiger partial charge < -0.3 is 10.1 Å². The number of anilines is 1. The molecule has 1 saturated heterocycles. The summed E-state index contributed by atoms with van der Waals surface area (Å²) in [6.45, 7) is 1.28. The summed E-state index contributed by atoms with van der Waals surface area (Å²) in [4.78, 5) is 42.9. The molecule has 176 valence electrons. The van der Waals surface area contributed by atoms with Gasteiger partial charge in [-0.05, 0) is 30.3 Å². The van der Waals surface area contributed by atoms with E-state index in [0.29, 0.717) is 52.8 Å². The number of carbonyl (C=O) groups excluding carboxylic acids is 3. The van der Waals surface area contributed by atoms with Crippen LogP contribution in [0.25, 0.3) is 10.2 Å². The summed E-state index contributed by atoms with van der Waals surface area (Å²) in [6.07, 6.45) is -0.0853. The lowest BCUT2D eigenvalue weighted by Gasteiger charge is -2.25. The number of amides is 3. The number of carbonyl (C=O) groups is 3. The Bertz CT molecular complexity index is 1380. The average Bonchev–Trinajstić information content (AvgIpc) is 3.35. The Balaban J connectivity index is 1.25. The molecule has 0 aliphatic carbocycles. The third-order valence-corrected chi connectivity index (χ3v) is 8.48. The molecule has 0 bridgehead atoms. The fourth-order valence-corrected chi connectivity index (χ4v) is 6.32. The SMILES string of the molecule is O=C(CCN1C(=O)c2ccccc2C1=O)Nc1nc2ccc(S(=O)(=O)N3CCOCC3)cc2s1. The largest absolute Gasteiger partial charge is 0.379 e. The number of thiazole rings is 1. The van der Waals surface area contributed by atoms with Crippen LogP contribution in [0.4, 0.5) is 5.13 Å². The molecule has 0 radical (unpaired) electrons. The lowest BCUT2D eigenvalue weighted by atomic mass is 10.1. The highest BCUT2D eigenvalue weighted by molar-refractivity contribution is 7.89. The third kappa shape index (κ3) is 4.09. The van der Waals surface area contributed by atoms with Gasteiger partial charge in [-0.1, -0.05) is 23.5 Å². The number of hydrogen-bond donors (Lipinski definition) is 1. The number of imide groups is 1. The Hall–Kier alpha value is -3.19. The van der Waals surface area contributed by atoms with Crippen LogP contribution in [-0.4, -0.2) is 73.2 Å². The number of benzene rings is 2. The number of sulfonamides is 1. The lowest BCUT2D eigenvalue weighted by molar-refractivity contribution is -0.116. The van der Waals surface area contributed by atoms with Gasteiger partial charge >= 0.3 is 0 Å². The number of aromatic nitrogens is 1. The van der Waals surface area contributed by atoms with E-state index in [0.717, 1.165) is 16.2 Å². The first-order valence-corrected chi connectivity index (χ1v) is 12.8. The van der Waals surface area contributed by atoms with Crippen molar-refractivity contribution in [1.29, 1.82) is 0 Å².